The Morgan fingerprint density at radius 2 is 0.617 bits per heavy atom. The first-order chi connectivity index (χ1) is 59.5. The summed E-state index contributed by atoms with van der Waals surface area (Å²) in [5.41, 5.74) is 22.5. The molecule has 0 bridgehead atoms. The Morgan fingerprint density at radius 1 is 0.200 bits per heavy atom. The van der Waals surface area contributed by atoms with E-state index in [9.17, 15) is 0 Å². The van der Waals surface area contributed by atoms with E-state index in [1.807, 2.05) is 66.7 Å². The standard InChI is InChI=1S/C57H34N4OS.C51H30N4OS/c1-4-15-35(16-5-1)37-19-14-20-39(31-37)56-58-55(36-17-6-2-7-18-36)59-57(60-56)47-34-40(33-45-43-24-11-13-26-51(43)63-54(45)47)38-27-29-48-46(32-38)52-49(61(48)41-21-8-3-9-22-41)30-28-44-42-23-10-12-25-50(42)62-53(44)52;1-3-14-31(15-4-1)33-18-13-19-34(28-33)50-52-49(32-16-5-2-6-17-32)53-51(54-50)40-30-35(29-39-36-20-9-12-25-45(36)57-48(39)40)55-41-23-10-7-21-37(41)46-42(55)26-27-44-47(46)38-22-8-11-24-43(38)56-44/h1-34H;1-30H. The Morgan fingerprint density at radius 3 is 1.23 bits per heavy atom. The van der Waals surface area contributed by atoms with Crippen molar-refractivity contribution in [3.63, 3.8) is 0 Å². The number of aromatic nitrogens is 8. The van der Waals surface area contributed by atoms with E-state index >= 15 is 0 Å². The van der Waals surface area contributed by atoms with Gasteiger partial charge in [0.1, 0.15) is 22.3 Å². The maximum atomic E-state index is 6.73. The van der Waals surface area contributed by atoms with Crippen LogP contribution in [0.1, 0.15) is 0 Å². The molecule has 25 aromatic rings. The van der Waals surface area contributed by atoms with Gasteiger partial charge < -0.3 is 18.0 Å². The van der Waals surface area contributed by atoms with E-state index in [1.165, 1.54) is 36.3 Å². The Labute approximate surface area is 694 Å². The highest BCUT2D eigenvalue weighted by Gasteiger charge is 2.27. The molecule has 0 aliphatic carbocycles. The van der Waals surface area contributed by atoms with Crippen molar-refractivity contribution in [2.24, 2.45) is 0 Å². The molecule has 0 atom stereocenters. The number of fused-ring (bicyclic) bond motifs is 20. The summed E-state index contributed by atoms with van der Waals surface area (Å²) < 4.78 is 22.6. The van der Waals surface area contributed by atoms with E-state index in [-0.39, 0.29) is 0 Å². The van der Waals surface area contributed by atoms with Gasteiger partial charge in [0.05, 0.1) is 27.5 Å². The van der Waals surface area contributed by atoms with Crippen molar-refractivity contribution in [3.8, 4) is 113 Å². The molecule has 0 saturated carbocycles. The van der Waals surface area contributed by atoms with E-state index in [0.717, 1.165) is 170 Å². The van der Waals surface area contributed by atoms with Gasteiger partial charge in [0.15, 0.2) is 34.9 Å². The van der Waals surface area contributed by atoms with Gasteiger partial charge in [-0.25, -0.2) is 29.9 Å². The van der Waals surface area contributed by atoms with E-state index in [0.29, 0.717) is 34.9 Å². The van der Waals surface area contributed by atoms with E-state index < -0.39 is 0 Å². The van der Waals surface area contributed by atoms with Crippen LogP contribution in [-0.4, -0.2) is 39.0 Å². The molecule has 17 aromatic carbocycles. The summed E-state index contributed by atoms with van der Waals surface area (Å²) in [5.74, 6) is 3.78. The molecular formula is C108H64N8O2S2. The van der Waals surface area contributed by atoms with Crippen LogP contribution >= 0.6 is 22.7 Å². The maximum absolute atomic E-state index is 6.73. The normalized spacial score (nSPS) is 11.8. The van der Waals surface area contributed by atoms with Crippen LogP contribution in [0.2, 0.25) is 0 Å². The van der Waals surface area contributed by atoms with Gasteiger partial charge in [-0.3, -0.25) is 0 Å². The predicted octanol–water partition coefficient (Wildman–Crippen LogP) is 29.5. The molecule has 0 unspecified atom stereocenters. The summed E-state index contributed by atoms with van der Waals surface area (Å²) in [7, 11) is 0. The second kappa shape index (κ2) is 28.1. The topological polar surface area (TPSA) is 113 Å². The number of hydrogen-bond acceptors (Lipinski definition) is 10. The fraction of sp³-hybridized carbons (Fsp3) is 0. The predicted molar refractivity (Wildman–Crippen MR) is 498 cm³/mol. The van der Waals surface area contributed by atoms with Crippen LogP contribution in [0.25, 0.3) is 241 Å². The molecule has 0 N–H and O–H groups in total. The first-order valence-electron chi connectivity index (χ1n) is 40.1. The van der Waals surface area contributed by atoms with Gasteiger partial charge in [0.2, 0.25) is 0 Å². The van der Waals surface area contributed by atoms with Gasteiger partial charge in [-0.15, -0.1) is 22.7 Å². The van der Waals surface area contributed by atoms with Crippen LogP contribution in [0.4, 0.5) is 0 Å². The van der Waals surface area contributed by atoms with Gasteiger partial charge in [0.25, 0.3) is 0 Å². The van der Waals surface area contributed by atoms with Crippen molar-refractivity contribution >= 4 is 151 Å². The van der Waals surface area contributed by atoms with Crippen LogP contribution in [-0.2, 0) is 0 Å². The van der Waals surface area contributed by atoms with Crippen molar-refractivity contribution in [1.82, 2.24) is 39.0 Å². The molecule has 8 aromatic heterocycles. The van der Waals surface area contributed by atoms with Crippen LogP contribution in [0.15, 0.2) is 397 Å². The SMILES string of the molecule is c1ccc(-c2cccc(-c3nc(-c4ccccc4)nc(-c4cc(-c5ccc6c(c5)c5c7oc8ccccc8c7ccc5n6-c5ccccc5)cc5c4sc4ccccc45)n3)c2)cc1.c1ccc(-c2cccc(-c3nc(-c4ccccc4)nc(-c4cc(-n5c6ccccc6c6c7c(ccc65)oc5ccccc57)cc5c4sc4ccccc45)n3)c2)cc1. The number of nitrogens with zero attached hydrogens (tertiary/aromatic N) is 8. The molecular weight excluding hydrogens is 1510 g/mol. The third-order valence-corrected chi connectivity index (χ3v) is 25.7. The van der Waals surface area contributed by atoms with E-state index in [1.54, 1.807) is 22.7 Å². The van der Waals surface area contributed by atoms with Crippen molar-refractivity contribution in [2.75, 3.05) is 0 Å². The Bertz CT molecular complexity index is 8420. The summed E-state index contributed by atoms with van der Waals surface area (Å²) in [6.07, 6.45) is 0. The Hall–Kier alpha value is -15.6. The van der Waals surface area contributed by atoms with Crippen LogP contribution in [0.5, 0.6) is 0 Å². The van der Waals surface area contributed by atoms with Crippen LogP contribution in [0.3, 0.4) is 0 Å². The molecule has 0 aliphatic rings. The summed E-state index contributed by atoms with van der Waals surface area (Å²) >= 11 is 3.56. The second-order valence-corrected chi connectivity index (χ2v) is 32.4. The molecule has 120 heavy (non-hydrogen) atoms. The number of para-hydroxylation sites is 4. The second-order valence-electron chi connectivity index (χ2n) is 30.3. The van der Waals surface area contributed by atoms with E-state index in [4.69, 9.17) is 38.7 Å². The summed E-state index contributed by atoms with van der Waals surface area (Å²) in [6.45, 7) is 0. The molecule has 0 spiro atoms. The van der Waals surface area contributed by atoms with Gasteiger partial charge in [-0.1, -0.05) is 273 Å². The van der Waals surface area contributed by atoms with Gasteiger partial charge in [-0.2, -0.15) is 0 Å². The molecule has 560 valence electrons. The third kappa shape index (κ3) is 11.5. The van der Waals surface area contributed by atoms with Crippen molar-refractivity contribution in [3.05, 3.63) is 388 Å². The average Bonchev–Trinajstić information content (AvgIpc) is 1.56. The molecule has 0 aliphatic heterocycles. The molecule has 0 fully saturated rings. The van der Waals surface area contributed by atoms with Crippen molar-refractivity contribution < 1.29 is 8.83 Å². The number of rotatable bonds is 11. The first-order valence-corrected chi connectivity index (χ1v) is 41.7. The lowest BCUT2D eigenvalue weighted by Gasteiger charge is -2.13. The quantitative estimate of drug-likeness (QED) is 0.126. The lowest BCUT2D eigenvalue weighted by atomic mass is 9.97. The summed E-state index contributed by atoms with van der Waals surface area (Å²) in [5, 5.41) is 13.8. The summed E-state index contributed by atoms with van der Waals surface area (Å²) in [6, 6.07) is 136. The molecule has 0 saturated heterocycles. The zero-order valence-electron chi connectivity index (χ0n) is 64.2. The number of furan rings is 2. The van der Waals surface area contributed by atoms with Gasteiger partial charge in [-0.05, 0) is 149 Å². The number of hydrogen-bond donors (Lipinski definition) is 0. The fourth-order valence-electron chi connectivity index (χ4n) is 17.8. The number of benzene rings is 17. The minimum absolute atomic E-state index is 0.626. The van der Waals surface area contributed by atoms with E-state index in [2.05, 4.69) is 331 Å². The smallest absolute Gasteiger partial charge is 0.165 e. The zero-order chi connectivity index (χ0) is 78.9. The average molecular weight is 1570 g/mol. The minimum atomic E-state index is 0.626. The minimum Gasteiger partial charge on any atom is -0.456 e. The van der Waals surface area contributed by atoms with Crippen molar-refractivity contribution in [1.29, 1.82) is 0 Å². The monoisotopic (exact) mass is 1570 g/mol. The van der Waals surface area contributed by atoms with Gasteiger partial charge in [0, 0.05) is 123 Å². The molecule has 12 heteroatoms. The highest BCUT2D eigenvalue weighted by molar-refractivity contribution is 7.26. The van der Waals surface area contributed by atoms with Crippen LogP contribution < -0.4 is 0 Å². The van der Waals surface area contributed by atoms with Gasteiger partial charge >= 0.3 is 0 Å². The Kier molecular flexibility index (Phi) is 16.1. The molecule has 0 amide bonds. The molecule has 8 heterocycles. The third-order valence-electron chi connectivity index (χ3n) is 23.3. The Balaban J connectivity index is 0.000000137. The zero-order valence-corrected chi connectivity index (χ0v) is 65.8. The van der Waals surface area contributed by atoms with Crippen molar-refractivity contribution in [2.45, 2.75) is 0 Å². The lowest BCUT2D eigenvalue weighted by Crippen LogP contribution is -2.01. The highest BCUT2D eigenvalue weighted by atomic mass is 32.1. The molecule has 0 radical (unpaired) electrons. The summed E-state index contributed by atoms with van der Waals surface area (Å²) in [4.78, 5) is 31.5. The lowest BCUT2D eigenvalue weighted by molar-refractivity contribution is 0.669. The maximum Gasteiger partial charge on any atom is 0.165 e. The molecule has 10 nitrogen and oxygen atoms in total. The largest absolute Gasteiger partial charge is 0.456 e. The fourth-order valence-corrected chi connectivity index (χ4v) is 20.1. The highest BCUT2D eigenvalue weighted by Crippen LogP contribution is 2.49. The molecule has 25 rings (SSSR count). The first kappa shape index (κ1) is 68.8. The number of thiophene rings is 2. The van der Waals surface area contributed by atoms with Crippen LogP contribution in [0, 0.1) is 0 Å².